The molecule has 0 aliphatic carbocycles. The highest BCUT2D eigenvalue weighted by molar-refractivity contribution is 7.47. The van der Waals surface area contributed by atoms with Gasteiger partial charge in [0.25, 0.3) is 0 Å². The van der Waals surface area contributed by atoms with E-state index in [4.69, 9.17) is 24.3 Å². The van der Waals surface area contributed by atoms with Gasteiger partial charge >= 0.3 is 19.8 Å². The number of allylic oxidation sites excluding steroid dienone is 6. The van der Waals surface area contributed by atoms with Gasteiger partial charge in [0.05, 0.1) is 13.2 Å². The Hall–Kier alpha value is -1.77. The van der Waals surface area contributed by atoms with Crippen molar-refractivity contribution in [3.8, 4) is 0 Å². The summed E-state index contributed by atoms with van der Waals surface area (Å²) in [5, 5.41) is 0. The highest BCUT2D eigenvalue weighted by atomic mass is 31.2. The fraction of sp³-hybridized carbons (Fsp3) is 0.867. The second-order valence-electron chi connectivity index (χ2n) is 20.2. The second kappa shape index (κ2) is 56.5. The largest absolute Gasteiger partial charge is 0.472 e. The van der Waals surface area contributed by atoms with Crippen LogP contribution >= 0.6 is 7.82 Å². The Labute approximate surface area is 433 Å². The molecule has 0 spiro atoms. The van der Waals surface area contributed by atoms with E-state index in [9.17, 15) is 19.0 Å². The van der Waals surface area contributed by atoms with Gasteiger partial charge in [0.15, 0.2) is 6.10 Å². The van der Waals surface area contributed by atoms with E-state index in [2.05, 4.69) is 50.3 Å². The molecule has 0 bridgehead atoms. The van der Waals surface area contributed by atoms with E-state index < -0.39 is 26.5 Å². The van der Waals surface area contributed by atoms with Gasteiger partial charge in [0.1, 0.15) is 6.61 Å². The first-order valence-corrected chi connectivity index (χ1v) is 31.5. The number of hydrogen-bond acceptors (Lipinski definition) is 8. The van der Waals surface area contributed by atoms with Crippen molar-refractivity contribution in [3.05, 3.63) is 36.5 Å². The predicted molar refractivity (Wildman–Crippen MR) is 298 cm³/mol. The van der Waals surface area contributed by atoms with Crippen molar-refractivity contribution < 1.29 is 37.6 Å². The van der Waals surface area contributed by atoms with Gasteiger partial charge in [-0.05, 0) is 51.4 Å². The minimum Gasteiger partial charge on any atom is -0.462 e. The van der Waals surface area contributed by atoms with Crippen LogP contribution in [-0.2, 0) is 32.7 Å². The van der Waals surface area contributed by atoms with Crippen molar-refractivity contribution in [2.75, 3.05) is 26.4 Å². The van der Waals surface area contributed by atoms with Crippen LogP contribution < -0.4 is 5.73 Å². The zero-order valence-corrected chi connectivity index (χ0v) is 46.9. The van der Waals surface area contributed by atoms with E-state index in [1.54, 1.807) is 0 Å². The van der Waals surface area contributed by atoms with E-state index in [0.29, 0.717) is 6.42 Å². The molecule has 0 aliphatic rings. The minimum absolute atomic E-state index is 0.0519. The summed E-state index contributed by atoms with van der Waals surface area (Å²) < 4.78 is 33.0. The van der Waals surface area contributed by atoms with E-state index in [-0.39, 0.29) is 38.6 Å². The van der Waals surface area contributed by atoms with Gasteiger partial charge in [-0.15, -0.1) is 0 Å². The maximum atomic E-state index is 12.7. The molecule has 0 aromatic heterocycles. The number of carbonyl (C=O) groups excluding carboxylic acids is 2. The number of ether oxygens (including phenoxy) is 2. The first kappa shape index (κ1) is 68.2. The third-order valence-electron chi connectivity index (χ3n) is 13.3. The molecule has 0 amide bonds. The lowest BCUT2D eigenvalue weighted by atomic mass is 10.0. The van der Waals surface area contributed by atoms with Crippen LogP contribution in [0.4, 0.5) is 0 Å². The first-order valence-electron chi connectivity index (χ1n) is 30.0. The van der Waals surface area contributed by atoms with E-state index >= 15 is 0 Å². The van der Waals surface area contributed by atoms with Crippen LogP contribution in [0.1, 0.15) is 303 Å². The van der Waals surface area contributed by atoms with Crippen LogP contribution in [0.25, 0.3) is 0 Å². The Morgan fingerprint density at radius 2 is 0.743 bits per heavy atom. The Bertz CT molecular complexity index is 1240. The summed E-state index contributed by atoms with van der Waals surface area (Å²) in [6, 6.07) is 0. The van der Waals surface area contributed by atoms with Crippen LogP contribution in [0, 0.1) is 0 Å². The molecular weight excluding hydrogens is 894 g/mol. The molecule has 0 fully saturated rings. The lowest BCUT2D eigenvalue weighted by Crippen LogP contribution is -2.29. The fourth-order valence-electron chi connectivity index (χ4n) is 8.82. The molecule has 70 heavy (non-hydrogen) atoms. The van der Waals surface area contributed by atoms with Gasteiger partial charge in [-0.2, -0.15) is 0 Å². The zero-order chi connectivity index (χ0) is 51.0. The van der Waals surface area contributed by atoms with Crippen molar-refractivity contribution in [3.63, 3.8) is 0 Å². The average Bonchev–Trinajstić information content (AvgIpc) is 3.35. The molecule has 2 unspecified atom stereocenters. The maximum Gasteiger partial charge on any atom is 0.472 e. The summed E-state index contributed by atoms with van der Waals surface area (Å²) >= 11 is 0. The third kappa shape index (κ3) is 55.5. The summed E-state index contributed by atoms with van der Waals surface area (Å²) in [7, 11) is -4.39. The molecule has 0 saturated heterocycles. The van der Waals surface area contributed by atoms with Crippen molar-refractivity contribution in [2.24, 2.45) is 5.73 Å². The van der Waals surface area contributed by atoms with Gasteiger partial charge in [-0.1, -0.05) is 275 Å². The molecule has 0 aromatic carbocycles. The summed E-state index contributed by atoms with van der Waals surface area (Å²) in [4.78, 5) is 35.2. The molecule has 0 radical (unpaired) electrons. The van der Waals surface area contributed by atoms with Crippen molar-refractivity contribution in [1.82, 2.24) is 0 Å². The summed E-state index contributed by atoms with van der Waals surface area (Å²) in [5.74, 6) is -0.829. The van der Waals surface area contributed by atoms with Gasteiger partial charge in [0.2, 0.25) is 0 Å². The number of rotatable bonds is 57. The fourth-order valence-corrected chi connectivity index (χ4v) is 9.59. The summed E-state index contributed by atoms with van der Waals surface area (Å²) in [6.07, 6.45) is 67.9. The zero-order valence-electron chi connectivity index (χ0n) is 46.0. The standard InChI is InChI=1S/C60H114NO8P/c1-3-5-7-9-11-13-15-17-19-21-23-24-25-26-27-28-29-30-31-32-33-35-36-38-40-42-44-46-48-50-52-59(62)66-56-58(57-68-70(64,65)67-55-54-61)69-60(63)53-51-49-47-45-43-41-39-37-34-22-20-18-16-14-12-10-8-6-4-2/h12,14,18,20,34,37,58H,3-11,13,15-17,19,21-33,35-36,38-57,61H2,1-2H3,(H,64,65)/b14-12-,20-18-,37-34-. The molecule has 10 heteroatoms. The van der Waals surface area contributed by atoms with E-state index in [0.717, 1.165) is 70.6 Å². The third-order valence-corrected chi connectivity index (χ3v) is 14.3. The molecule has 0 aliphatic heterocycles. The van der Waals surface area contributed by atoms with Gasteiger partial charge in [-0.25, -0.2) is 4.57 Å². The second-order valence-corrected chi connectivity index (χ2v) is 21.7. The Kier molecular flexibility index (Phi) is 55.1. The number of phosphoric acid groups is 1. The van der Waals surface area contributed by atoms with Crippen molar-refractivity contribution in [2.45, 2.75) is 309 Å². The molecule has 0 aromatic rings. The quantitative estimate of drug-likeness (QED) is 0.0264. The van der Waals surface area contributed by atoms with Crippen LogP contribution in [0.2, 0.25) is 0 Å². The van der Waals surface area contributed by atoms with Gasteiger partial charge < -0.3 is 20.1 Å². The highest BCUT2D eigenvalue weighted by Gasteiger charge is 2.26. The lowest BCUT2D eigenvalue weighted by Gasteiger charge is -2.19. The number of carbonyl (C=O) groups is 2. The van der Waals surface area contributed by atoms with E-state index in [1.165, 1.54) is 199 Å². The maximum absolute atomic E-state index is 12.7. The van der Waals surface area contributed by atoms with Crippen LogP contribution in [0.3, 0.4) is 0 Å². The molecule has 0 saturated carbocycles. The number of unbranched alkanes of at least 4 members (excludes halogenated alkanes) is 38. The molecule has 412 valence electrons. The van der Waals surface area contributed by atoms with Gasteiger partial charge in [0, 0.05) is 19.4 Å². The predicted octanol–water partition coefficient (Wildman–Crippen LogP) is 18.8. The number of phosphoric ester groups is 1. The molecule has 0 heterocycles. The van der Waals surface area contributed by atoms with Crippen LogP contribution in [-0.4, -0.2) is 49.3 Å². The molecule has 0 rings (SSSR count). The lowest BCUT2D eigenvalue weighted by molar-refractivity contribution is -0.161. The monoisotopic (exact) mass is 1010 g/mol. The number of nitrogens with two attached hydrogens (primary N) is 1. The molecule has 3 N–H and O–H groups in total. The van der Waals surface area contributed by atoms with Crippen molar-refractivity contribution in [1.29, 1.82) is 0 Å². The Morgan fingerprint density at radius 1 is 0.429 bits per heavy atom. The Balaban J connectivity index is 3.88. The summed E-state index contributed by atoms with van der Waals surface area (Å²) in [6.45, 7) is 3.75. The number of esters is 2. The topological polar surface area (TPSA) is 134 Å². The first-order chi connectivity index (χ1) is 34.3. The molecular formula is C60H114NO8P. The van der Waals surface area contributed by atoms with E-state index in [1.807, 2.05) is 0 Å². The number of hydrogen-bond donors (Lipinski definition) is 2. The Morgan fingerprint density at radius 3 is 1.13 bits per heavy atom. The van der Waals surface area contributed by atoms with Crippen LogP contribution in [0.15, 0.2) is 36.5 Å². The molecule has 2 atom stereocenters. The van der Waals surface area contributed by atoms with Crippen LogP contribution in [0.5, 0.6) is 0 Å². The SMILES string of the molecule is CCCCC/C=C\C/C=C\C/C=C\CCCCCCCCC(=O)OC(COC(=O)CCCCCCCCCCCCCCCCCCCCCCCCCCCCCCCC)COP(=O)(O)OCCN. The molecule has 9 nitrogen and oxygen atoms in total. The summed E-state index contributed by atoms with van der Waals surface area (Å²) in [5.41, 5.74) is 5.38. The smallest absolute Gasteiger partial charge is 0.462 e. The van der Waals surface area contributed by atoms with Crippen molar-refractivity contribution >= 4 is 19.8 Å². The minimum atomic E-state index is -4.39. The normalized spacial score (nSPS) is 13.3. The average molecular weight is 1010 g/mol. The highest BCUT2D eigenvalue weighted by Crippen LogP contribution is 2.43. The van der Waals surface area contributed by atoms with Gasteiger partial charge in [-0.3, -0.25) is 18.6 Å².